The highest BCUT2D eigenvalue weighted by atomic mass is 35.5. The van der Waals surface area contributed by atoms with E-state index in [1.807, 2.05) is 43.3 Å². The standard InChI is InChI=1S/C21H27Cl2NO2.ClH/c1-5-21(3,4)24-13-15-11-18(23)20(19(12-15)25-6-2)26-14-16-9-7-8-10-17(16)22;/h7-12,24H,5-6,13-14H2,1-4H3;1H. The molecule has 0 heterocycles. The summed E-state index contributed by atoms with van der Waals surface area (Å²) in [5, 5.41) is 4.74. The minimum atomic E-state index is 0. The Morgan fingerprint density at radius 2 is 1.70 bits per heavy atom. The molecular formula is C21H28Cl3NO2. The van der Waals surface area contributed by atoms with Gasteiger partial charge >= 0.3 is 0 Å². The van der Waals surface area contributed by atoms with Gasteiger partial charge in [-0.05, 0) is 51.0 Å². The second kappa shape index (κ2) is 11.0. The molecule has 0 aliphatic carbocycles. The van der Waals surface area contributed by atoms with Crippen LogP contribution in [0.15, 0.2) is 36.4 Å². The van der Waals surface area contributed by atoms with Gasteiger partial charge in [0.15, 0.2) is 11.5 Å². The van der Waals surface area contributed by atoms with Crippen LogP contribution in [-0.2, 0) is 13.2 Å². The lowest BCUT2D eigenvalue weighted by molar-refractivity contribution is 0.269. The second-order valence-electron chi connectivity index (χ2n) is 6.81. The van der Waals surface area contributed by atoms with E-state index in [0.29, 0.717) is 41.3 Å². The highest BCUT2D eigenvalue weighted by molar-refractivity contribution is 6.32. The first-order valence-corrected chi connectivity index (χ1v) is 9.68. The van der Waals surface area contributed by atoms with E-state index in [0.717, 1.165) is 17.5 Å². The van der Waals surface area contributed by atoms with Crippen LogP contribution >= 0.6 is 35.6 Å². The zero-order valence-electron chi connectivity index (χ0n) is 16.3. The van der Waals surface area contributed by atoms with Crippen molar-refractivity contribution in [1.82, 2.24) is 5.32 Å². The third-order valence-electron chi connectivity index (χ3n) is 4.35. The van der Waals surface area contributed by atoms with Gasteiger partial charge in [-0.15, -0.1) is 12.4 Å². The number of ether oxygens (including phenoxy) is 2. The molecule has 0 unspecified atom stereocenters. The molecular weight excluding hydrogens is 405 g/mol. The Hall–Kier alpha value is -1.13. The van der Waals surface area contributed by atoms with Crippen molar-refractivity contribution in [3.8, 4) is 11.5 Å². The molecule has 0 aliphatic heterocycles. The summed E-state index contributed by atoms with van der Waals surface area (Å²) in [6, 6.07) is 11.5. The fourth-order valence-corrected chi connectivity index (χ4v) is 2.84. The third kappa shape index (κ3) is 7.08. The Morgan fingerprint density at radius 1 is 1.00 bits per heavy atom. The predicted molar refractivity (Wildman–Crippen MR) is 117 cm³/mol. The maximum Gasteiger partial charge on any atom is 0.180 e. The largest absolute Gasteiger partial charge is 0.490 e. The molecule has 3 nitrogen and oxygen atoms in total. The molecule has 0 atom stereocenters. The van der Waals surface area contributed by atoms with Gasteiger partial charge in [0.1, 0.15) is 6.61 Å². The van der Waals surface area contributed by atoms with Crippen molar-refractivity contribution in [3.63, 3.8) is 0 Å². The van der Waals surface area contributed by atoms with Crippen LogP contribution in [-0.4, -0.2) is 12.1 Å². The zero-order valence-corrected chi connectivity index (χ0v) is 18.6. The number of rotatable bonds is 9. The van der Waals surface area contributed by atoms with E-state index < -0.39 is 0 Å². The summed E-state index contributed by atoms with van der Waals surface area (Å²) < 4.78 is 11.7. The summed E-state index contributed by atoms with van der Waals surface area (Å²) in [5.41, 5.74) is 2.03. The summed E-state index contributed by atoms with van der Waals surface area (Å²) in [6.45, 7) is 10.0. The van der Waals surface area contributed by atoms with Crippen LogP contribution in [0, 0.1) is 0 Å². The normalized spacial score (nSPS) is 11.0. The van der Waals surface area contributed by atoms with Crippen LogP contribution in [0.2, 0.25) is 10.0 Å². The maximum atomic E-state index is 6.49. The van der Waals surface area contributed by atoms with E-state index >= 15 is 0 Å². The number of nitrogens with one attached hydrogen (secondary N) is 1. The van der Waals surface area contributed by atoms with Gasteiger partial charge in [0.2, 0.25) is 0 Å². The van der Waals surface area contributed by atoms with Gasteiger partial charge in [0.05, 0.1) is 11.6 Å². The van der Waals surface area contributed by atoms with Crippen LogP contribution in [0.5, 0.6) is 11.5 Å². The molecule has 0 saturated carbocycles. The molecule has 150 valence electrons. The molecule has 0 radical (unpaired) electrons. The van der Waals surface area contributed by atoms with Gasteiger partial charge in [-0.1, -0.05) is 48.3 Å². The quantitative estimate of drug-likeness (QED) is 0.480. The average molecular weight is 433 g/mol. The average Bonchev–Trinajstić information content (AvgIpc) is 2.61. The zero-order chi connectivity index (χ0) is 19.2. The molecule has 6 heteroatoms. The summed E-state index contributed by atoms with van der Waals surface area (Å²) in [5.74, 6) is 1.20. The van der Waals surface area contributed by atoms with Crippen molar-refractivity contribution >= 4 is 35.6 Å². The van der Waals surface area contributed by atoms with Crippen LogP contribution < -0.4 is 14.8 Å². The van der Waals surface area contributed by atoms with Crippen LogP contribution in [0.1, 0.15) is 45.2 Å². The van der Waals surface area contributed by atoms with E-state index in [1.165, 1.54) is 0 Å². The fraction of sp³-hybridized carbons (Fsp3) is 0.429. The highest BCUT2D eigenvalue weighted by Gasteiger charge is 2.17. The van der Waals surface area contributed by atoms with E-state index in [9.17, 15) is 0 Å². The number of hydrogen-bond donors (Lipinski definition) is 1. The van der Waals surface area contributed by atoms with Crippen molar-refractivity contribution in [3.05, 3.63) is 57.6 Å². The lowest BCUT2D eigenvalue weighted by Crippen LogP contribution is -2.37. The first-order chi connectivity index (χ1) is 12.4. The van der Waals surface area contributed by atoms with Gasteiger partial charge < -0.3 is 14.8 Å². The molecule has 0 amide bonds. The maximum absolute atomic E-state index is 6.49. The minimum absolute atomic E-state index is 0. The molecule has 0 bridgehead atoms. The Kier molecular flexibility index (Phi) is 9.75. The van der Waals surface area contributed by atoms with Crippen molar-refractivity contribution in [2.75, 3.05) is 6.61 Å². The van der Waals surface area contributed by atoms with E-state index in [2.05, 4.69) is 26.1 Å². The second-order valence-corrected chi connectivity index (χ2v) is 7.62. The van der Waals surface area contributed by atoms with Gasteiger partial charge in [-0.2, -0.15) is 0 Å². The summed E-state index contributed by atoms with van der Waals surface area (Å²) >= 11 is 12.7. The molecule has 2 aromatic carbocycles. The SMILES string of the molecule is CCOc1cc(CNC(C)(C)CC)cc(Cl)c1OCc1ccccc1Cl.Cl. The fourth-order valence-electron chi connectivity index (χ4n) is 2.36. The van der Waals surface area contributed by atoms with Crippen LogP contribution in [0.3, 0.4) is 0 Å². The molecule has 0 saturated heterocycles. The number of benzene rings is 2. The first kappa shape index (κ1) is 23.9. The molecule has 27 heavy (non-hydrogen) atoms. The van der Waals surface area contributed by atoms with E-state index in [1.54, 1.807) is 0 Å². The summed E-state index contributed by atoms with van der Waals surface area (Å²) in [4.78, 5) is 0. The van der Waals surface area contributed by atoms with Gasteiger partial charge in [0.25, 0.3) is 0 Å². The molecule has 0 fully saturated rings. The molecule has 0 aliphatic rings. The Bertz CT molecular complexity index is 735. The van der Waals surface area contributed by atoms with Crippen molar-refractivity contribution in [1.29, 1.82) is 0 Å². The lowest BCUT2D eigenvalue weighted by atomic mass is 10.0. The van der Waals surface area contributed by atoms with Crippen molar-refractivity contribution in [2.24, 2.45) is 0 Å². The smallest absolute Gasteiger partial charge is 0.180 e. The van der Waals surface area contributed by atoms with Crippen molar-refractivity contribution in [2.45, 2.75) is 52.8 Å². The van der Waals surface area contributed by atoms with Gasteiger partial charge in [-0.3, -0.25) is 0 Å². The molecule has 0 spiro atoms. The van der Waals surface area contributed by atoms with Crippen molar-refractivity contribution < 1.29 is 9.47 Å². The Balaban J connectivity index is 0.00000364. The molecule has 2 rings (SSSR count). The molecule has 1 N–H and O–H groups in total. The highest BCUT2D eigenvalue weighted by Crippen LogP contribution is 2.37. The Labute approximate surface area is 178 Å². The lowest BCUT2D eigenvalue weighted by Gasteiger charge is -2.25. The van der Waals surface area contributed by atoms with Crippen LogP contribution in [0.25, 0.3) is 0 Å². The van der Waals surface area contributed by atoms with Crippen LogP contribution in [0.4, 0.5) is 0 Å². The monoisotopic (exact) mass is 431 g/mol. The van der Waals surface area contributed by atoms with Gasteiger partial charge in [-0.25, -0.2) is 0 Å². The summed E-state index contributed by atoms with van der Waals surface area (Å²) in [6.07, 6.45) is 1.04. The van der Waals surface area contributed by atoms with Gasteiger partial charge in [0, 0.05) is 22.7 Å². The first-order valence-electron chi connectivity index (χ1n) is 8.92. The number of halogens is 3. The Morgan fingerprint density at radius 3 is 2.33 bits per heavy atom. The summed E-state index contributed by atoms with van der Waals surface area (Å²) in [7, 11) is 0. The van der Waals surface area contributed by atoms with E-state index in [-0.39, 0.29) is 17.9 Å². The minimum Gasteiger partial charge on any atom is -0.490 e. The third-order valence-corrected chi connectivity index (χ3v) is 5.00. The molecule has 2 aromatic rings. The predicted octanol–water partition coefficient (Wildman–Crippen LogP) is 6.67. The number of hydrogen-bond acceptors (Lipinski definition) is 3. The molecule has 0 aromatic heterocycles. The topological polar surface area (TPSA) is 30.5 Å². The van der Waals surface area contributed by atoms with E-state index in [4.69, 9.17) is 32.7 Å².